The minimum Gasteiger partial charge on any atom is -0.290 e. The molecule has 2 aromatic carbocycles. The number of carbonyl (C=O) groups excluding carboxylic acids is 1. The van der Waals surface area contributed by atoms with Crippen molar-refractivity contribution in [3.8, 4) is 0 Å². The van der Waals surface area contributed by atoms with Crippen LogP contribution >= 0.6 is 0 Å². The van der Waals surface area contributed by atoms with Gasteiger partial charge in [0.25, 0.3) is 0 Å². The first kappa shape index (κ1) is 17.2. The Morgan fingerprint density at radius 1 is 0.913 bits per heavy atom. The Balaban J connectivity index is 2.57. The molecule has 0 N–H and O–H groups in total. The predicted molar refractivity (Wildman–Crippen MR) is 91.1 cm³/mol. The second-order valence-electron chi connectivity index (χ2n) is 6.51. The molecule has 1 radical (unpaired) electrons. The molecule has 0 bridgehead atoms. The van der Waals surface area contributed by atoms with E-state index in [1.165, 1.54) is 6.92 Å². The average molecular weight is 311 g/mol. The summed E-state index contributed by atoms with van der Waals surface area (Å²) in [7, 11) is 0. The van der Waals surface area contributed by atoms with Gasteiger partial charge >= 0.3 is 0 Å². The summed E-state index contributed by atoms with van der Waals surface area (Å²) in [6.07, 6.45) is -0.712. The molecule has 1 amide bonds. The molecule has 0 saturated carbocycles. The lowest BCUT2D eigenvalue weighted by molar-refractivity contribution is -0.241. The molecule has 0 aliphatic rings. The fraction of sp³-hybridized carbons (Fsp3) is 0.316. The molecular formula is C19H23N2O2. The largest absolute Gasteiger partial charge is 0.290 e. The van der Waals surface area contributed by atoms with E-state index < -0.39 is 11.7 Å². The Morgan fingerprint density at radius 3 is 1.83 bits per heavy atom. The van der Waals surface area contributed by atoms with Gasteiger partial charge in [-0.25, -0.2) is 0 Å². The summed E-state index contributed by atoms with van der Waals surface area (Å²) in [5.41, 5.74) is 0.860. The highest BCUT2D eigenvalue weighted by Crippen LogP contribution is 2.33. The minimum absolute atomic E-state index is 0.171. The summed E-state index contributed by atoms with van der Waals surface area (Å²) in [6.45, 7) is 7.02. The van der Waals surface area contributed by atoms with Crippen molar-refractivity contribution in [2.75, 3.05) is 4.90 Å². The number of para-hydroxylation sites is 1. The van der Waals surface area contributed by atoms with Crippen molar-refractivity contribution in [2.45, 2.75) is 39.4 Å². The van der Waals surface area contributed by atoms with E-state index in [1.54, 1.807) is 4.90 Å². The molecular weight excluding hydrogens is 288 g/mol. The van der Waals surface area contributed by atoms with E-state index in [1.807, 2.05) is 81.4 Å². The Bertz CT molecular complexity index is 635. The summed E-state index contributed by atoms with van der Waals surface area (Å²) in [5.74, 6) is -0.171. The van der Waals surface area contributed by atoms with E-state index in [4.69, 9.17) is 0 Å². The Morgan fingerprint density at radius 2 is 1.39 bits per heavy atom. The van der Waals surface area contributed by atoms with Gasteiger partial charge in [0.05, 0.1) is 0 Å². The van der Waals surface area contributed by atoms with Gasteiger partial charge in [0.1, 0.15) is 6.17 Å². The van der Waals surface area contributed by atoms with Gasteiger partial charge in [-0.05, 0) is 38.5 Å². The van der Waals surface area contributed by atoms with E-state index in [-0.39, 0.29) is 5.91 Å². The molecule has 2 rings (SSSR count). The van der Waals surface area contributed by atoms with Crippen LogP contribution in [0.1, 0.15) is 39.4 Å². The first-order valence-corrected chi connectivity index (χ1v) is 7.68. The molecule has 121 valence electrons. The number of hydrogen-bond donors (Lipinski definition) is 0. The molecule has 0 aliphatic heterocycles. The van der Waals surface area contributed by atoms with Crippen LogP contribution in [0, 0.1) is 0 Å². The molecule has 23 heavy (non-hydrogen) atoms. The summed E-state index contributed by atoms with van der Waals surface area (Å²) in [5, 5.41) is 14.0. The number of amides is 1. The Hall–Kier alpha value is -2.17. The van der Waals surface area contributed by atoms with Gasteiger partial charge in [0.2, 0.25) is 5.91 Å². The van der Waals surface area contributed by atoms with Gasteiger partial charge in [0.15, 0.2) is 0 Å². The maximum absolute atomic E-state index is 13.0. The van der Waals surface area contributed by atoms with E-state index >= 15 is 0 Å². The monoisotopic (exact) mass is 311 g/mol. The molecule has 4 nitrogen and oxygen atoms in total. The standard InChI is InChI=1S/C19H23N2O2/c1-15(22)20(17-13-9-6-10-14-17)18(21(23)19(2,3)4)16-11-7-5-8-12-16/h5-14,18H,1-4H3. The smallest absolute Gasteiger partial charge is 0.225 e. The van der Waals surface area contributed by atoms with E-state index in [0.717, 1.165) is 10.6 Å². The number of carbonyl (C=O) groups is 1. The van der Waals surface area contributed by atoms with Crippen LogP contribution < -0.4 is 4.90 Å². The van der Waals surface area contributed by atoms with Gasteiger partial charge in [0, 0.05) is 18.2 Å². The molecule has 0 saturated heterocycles. The van der Waals surface area contributed by atoms with Crippen LogP contribution in [0.5, 0.6) is 0 Å². The summed E-state index contributed by atoms with van der Waals surface area (Å²) in [4.78, 5) is 13.9. The zero-order valence-electron chi connectivity index (χ0n) is 14.1. The fourth-order valence-corrected chi connectivity index (χ4v) is 2.47. The van der Waals surface area contributed by atoms with Crippen LogP contribution in [0.3, 0.4) is 0 Å². The van der Waals surface area contributed by atoms with Crippen molar-refractivity contribution >= 4 is 11.6 Å². The third kappa shape index (κ3) is 3.97. The number of hydroxylamine groups is 2. The molecule has 0 fully saturated rings. The van der Waals surface area contributed by atoms with Crippen LogP contribution in [0.4, 0.5) is 5.69 Å². The highest BCUT2D eigenvalue weighted by molar-refractivity contribution is 5.92. The van der Waals surface area contributed by atoms with Gasteiger partial charge in [-0.3, -0.25) is 9.69 Å². The van der Waals surface area contributed by atoms with Crippen molar-refractivity contribution in [1.82, 2.24) is 5.06 Å². The maximum atomic E-state index is 13.0. The highest BCUT2D eigenvalue weighted by atomic mass is 16.5. The van der Waals surface area contributed by atoms with Gasteiger partial charge in [-0.15, -0.1) is 10.3 Å². The van der Waals surface area contributed by atoms with Crippen molar-refractivity contribution in [2.24, 2.45) is 0 Å². The summed E-state index contributed by atoms with van der Waals surface area (Å²) < 4.78 is 0. The number of rotatable bonds is 4. The highest BCUT2D eigenvalue weighted by Gasteiger charge is 2.36. The van der Waals surface area contributed by atoms with Crippen molar-refractivity contribution in [3.05, 3.63) is 66.2 Å². The zero-order valence-corrected chi connectivity index (χ0v) is 14.1. The van der Waals surface area contributed by atoms with Crippen LogP contribution in [-0.2, 0) is 10.0 Å². The van der Waals surface area contributed by atoms with Gasteiger partial charge in [-0.2, -0.15) is 0 Å². The van der Waals surface area contributed by atoms with E-state index in [2.05, 4.69) is 0 Å². The van der Waals surface area contributed by atoms with Crippen LogP contribution in [0.25, 0.3) is 0 Å². The molecule has 1 unspecified atom stereocenters. The fourth-order valence-electron chi connectivity index (χ4n) is 2.47. The second-order valence-corrected chi connectivity index (χ2v) is 6.51. The second kappa shape index (κ2) is 6.94. The van der Waals surface area contributed by atoms with Crippen molar-refractivity contribution in [1.29, 1.82) is 0 Å². The lowest BCUT2D eigenvalue weighted by Gasteiger charge is -2.40. The number of nitrogens with zero attached hydrogens (tertiary/aromatic N) is 2. The first-order valence-electron chi connectivity index (χ1n) is 7.68. The van der Waals surface area contributed by atoms with Gasteiger partial charge < -0.3 is 0 Å². The molecule has 2 aromatic rings. The summed E-state index contributed by atoms with van der Waals surface area (Å²) in [6, 6.07) is 18.7. The van der Waals surface area contributed by atoms with Crippen LogP contribution in [-0.4, -0.2) is 16.5 Å². The van der Waals surface area contributed by atoms with E-state index in [0.29, 0.717) is 5.69 Å². The summed E-state index contributed by atoms with van der Waals surface area (Å²) >= 11 is 0. The Labute approximate surface area is 137 Å². The van der Waals surface area contributed by atoms with Crippen molar-refractivity contribution in [3.63, 3.8) is 0 Å². The molecule has 1 atom stereocenters. The van der Waals surface area contributed by atoms with Crippen LogP contribution in [0.15, 0.2) is 60.7 Å². The lowest BCUT2D eigenvalue weighted by atomic mass is 10.0. The quantitative estimate of drug-likeness (QED) is 0.628. The molecule has 0 heterocycles. The zero-order chi connectivity index (χ0) is 17.0. The first-order chi connectivity index (χ1) is 10.8. The molecule has 0 aromatic heterocycles. The number of anilines is 1. The van der Waals surface area contributed by atoms with E-state index in [9.17, 15) is 10.0 Å². The van der Waals surface area contributed by atoms with Crippen molar-refractivity contribution < 1.29 is 10.0 Å². The molecule has 0 aliphatic carbocycles. The SMILES string of the molecule is CC(=O)N(c1ccccc1)C(c1ccccc1)N([O])C(C)(C)C. The lowest BCUT2D eigenvalue weighted by Crippen LogP contribution is -2.49. The third-order valence-corrected chi connectivity index (χ3v) is 3.60. The average Bonchev–Trinajstić information content (AvgIpc) is 2.52. The number of hydrogen-bond acceptors (Lipinski definition) is 2. The number of benzene rings is 2. The minimum atomic E-state index is -0.712. The van der Waals surface area contributed by atoms with Crippen LogP contribution in [0.2, 0.25) is 0 Å². The van der Waals surface area contributed by atoms with Gasteiger partial charge in [-0.1, -0.05) is 48.5 Å². The third-order valence-electron chi connectivity index (χ3n) is 3.60. The Kier molecular flexibility index (Phi) is 5.19. The molecule has 4 heteroatoms. The molecule has 0 spiro atoms. The normalized spacial score (nSPS) is 13.0. The topological polar surface area (TPSA) is 43.5 Å². The predicted octanol–water partition coefficient (Wildman–Crippen LogP) is 4.18. The maximum Gasteiger partial charge on any atom is 0.225 e.